The molecule has 0 radical (unpaired) electrons. The predicted octanol–water partition coefficient (Wildman–Crippen LogP) is 6.67. The molecule has 4 aromatic heterocycles. The number of ether oxygens (including phenoxy) is 1. The smallest absolute Gasteiger partial charge is 0.265 e. The predicted molar refractivity (Wildman–Crippen MR) is 159 cm³/mol. The molecule has 8 nitrogen and oxygen atoms in total. The van der Waals surface area contributed by atoms with Crippen molar-refractivity contribution in [2.24, 2.45) is 0 Å². The normalized spacial score (nSPS) is 14.1. The summed E-state index contributed by atoms with van der Waals surface area (Å²) in [4.78, 5) is 23.3. The van der Waals surface area contributed by atoms with Crippen LogP contribution < -0.4 is 16.0 Å². The van der Waals surface area contributed by atoms with Crippen LogP contribution >= 0.6 is 22.9 Å². The minimum Gasteiger partial charge on any atom is -0.487 e. The van der Waals surface area contributed by atoms with Gasteiger partial charge in [0, 0.05) is 10.9 Å². The third kappa shape index (κ3) is 4.34. The van der Waals surface area contributed by atoms with E-state index in [2.05, 4.69) is 9.97 Å². The van der Waals surface area contributed by atoms with Crippen molar-refractivity contribution in [3.63, 3.8) is 0 Å². The molecule has 2 N–H and O–H groups in total. The average Bonchev–Trinajstić information content (AvgIpc) is 3.56. The lowest BCUT2D eigenvalue weighted by molar-refractivity contribution is 0.287. The van der Waals surface area contributed by atoms with Crippen molar-refractivity contribution >= 4 is 44.6 Å². The molecule has 0 amide bonds. The summed E-state index contributed by atoms with van der Waals surface area (Å²) in [6.45, 7) is 3.93. The summed E-state index contributed by atoms with van der Waals surface area (Å²) in [6, 6.07) is 14.0. The standard InChI is InChI=1S/C30H24ClFN6O2S/c1-15-4-3-5-17(10-15)25-20(12-24-37(30(25)39)23(31)13-41-24)16(2)38-29-26(28(33)34-14-35-29)27(36-38)18-6-9-22(21(32)11-18)40-19-7-8-19/h3-6,9-14,16,19H,7-8H2,1-2H3,(H2,33,34,35)/t16-/m0/s1. The Kier molecular flexibility index (Phi) is 6.06. The van der Waals surface area contributed by atoms with Crippen molar-refractivity contribution in [1.82, 2.24) is 24.1 Å². The van der Waals surface area contributed by atoms with Gasteiger partial charge in [-0.25, -0.2) is 19.0 Å². The minimum absolute atomic E-state index is 0.0718. The van der Waals surface area contributed by atoms with Gasteiger partial charge in [-0.15, -0.1) is 11.3 Å². The highest BCUT2D eigenvalue weighted by Crippen LogP contribution is 2.38. The van der Waals surface area contributed by atoms with Crippen molar-refractivity contribution in [2.75, 3.05) is 5.73 Å². The van der Waals surface area contributed by atoms with Crippen molar-refractivity contribution in [2.45, 2.75) is 38.8 Å². The molecule has 11 heteroatoms. The van der Waals surface area contributed by atoms with Crippen LogP contribution in [-0.2, 0) is 0 Å². The highest BCUT2D eigenvalue weighted by molar-refractivity contribution is 7.16. The largest absolute Gasteiger partial charge is 0.487 e. The van der Waals surface area contributed by atoms with Gasteiger partial charge in [0.2, 0.25) is 0 Å². The molecule has 2 aromatic carbocycles. The SMILES string of the molecule is Cc1cccc(-c2c([C@H](C)n3nc(-c4ccc(OC5CC5)c(F)c4)c4c(N)ncnc43)cc3scc(Cl)n3c2=O)c1. The number of halogens is 2. The topological polar surface area (TPSA) is 100 Å². The van der Waals surface area contributed by atoms with Crippen LogP contribution in [0.4, 0.5) is 10.2 Å². The molecule has 1 aliphatic rings. The number of thiazole rings is 1. The van der Waals surface area contributed by atoms with Crippen molar-refractivity contribution in [3.05, 3.63) is 92.7 Å². The van der Waals surface area contributed by atoms with Crippen molar-refractivity contribution < 1.29 is 9.13 Å². The van der Waals surface area contributed by atoms with Gasteiger partial charge in [-0.05, 0) is 62.1 Å². The van der Waals surface area contributed by atoms with E-state index >= 15 is 4.39 Å². The van der Waals surface area contributed by atoms with Crippen LogP contribution in [0.2, 0.25) is 5.15 Å². The molecule has 1 saturated carbocycles. The molecule has 6 aromatic rings. The quantitative estimate of drug-likeness (QED) is 0.234. The lowest BCUT2D eigenvalue weighted by Gasteiger charge is -2.18. The zero-order valence-corrected chi connectivity index (χ0v) is 23.7. The monoisotopic (exact) mass is 586 g/mol. The van der Waals surface area contributed by atoms with Crippen LogP contribution in [0.1, 0.15) is 36.9 Å². The Labute approximate surface area is 242 Å². The van der Waals surface area contributed by atoms with Gasteiger partial charge in [-0.2, -0.15) is 5.10 Å². The molecular weight excluding hydrogens is 563 g/mol. The summed E-state index contributed by atoms with van der Waals surface area (Å²) >= 11 is 7.81. The number of anilines is 1. The van der Waals surface area contributed by atoms with Gasteiger partial charge < -0.3 is 10.5 Å². The highest BCUT2D eigenvalue weighted by atomic mass is 35.5. The maximum absolute atomic E-state index is 15.1. The van der Waals surface area contributed by atoms with Gasteiger partial charge in [-0.1, -0.05) is 41.4 Å². The van der Waals surface area contributed by atoms with E-state index in [1.165, 1.54) is 28.1 Å². The number of nitrogens with two attached hydrogens (primary N) is 1. The molecule has 1 atom stereocenters. The molecule has 206 valence electrons. The number of hydrogen-bond donors (Lipinski definition) is 1. The summed E-state index contributed by atoms with van der Waals surface area (Å²) < 4.78 is 24.0. The zero-order valence-electron chi connectivity index (χ0n) is 22.1. The summed E-state index contributed by atoms with van der Waals surface area (Å²) in [5.74, 6) is -0.0410. The van der Waals surface area contributed by atoms with E-state index < -0.39 is 11.9 Å². The summed E-state index contributed by atoms with van der Waals surface area (Å²) in [5.41, 5.74) is 10.6. The summed E-state index contributed by atoms with van der Waals surface area (Å²) in [5, 5.41) is 7.50. The first kappa shape index (κ1) is 25.7. The van der Waals surface area contributed by atoms with Gasteiger partial charge in [0.15, 0.2) is 17.2 Å². The first-order valence-electron chi connectivity index (χ1n) is 13.1. The number of aryl methyl sites for hydroxylation is 1. The number of nitrogens with zero attached hydrogens (tertiary/aromatic N) is 5. The van der Waals surface area contributed by atoms with Crippen LogP contribution in [0.3, 0.4) is 0 Å². The van der Waals surface area contributed by atoms with Crippen LogP contribution in [0.15, 0.2) is 65.0 Å². The molecule has 0 spiro atoms. The number of nitrogen functional groups attached to an aromatic ring is 1. The Balaban J connectivity index is 1.44. The Hall–Kier alpha value is -4.28. The molecule has 0 aliphatic heterocycles. The molecule has 0 unspecified atom stereocenters. The number of hydrogen-bond acceptors (Lipinski definition) is 7. The first-order valence-corrected chi connectivity index (χ1v) is 14.4. The Bertz CT molecular complexity index is 2050. The minimum atomic E-state index is -0.477. The molecule has 4 heterocycles. The number of pyridine rings is 1. The van der Waals surface area contributed by atoms with Crippen LogP contribution in [0, 0.1) is 12.7 Å². The van der Waals surface area contributed by atoms with Gasteiger partial charge in [-0.3, -0.25) is 9.20 Å². The van der Waals surface area contributed by atoms with Gasteiger partial charge in [0.05, 0.1) is 23.1 Å². The number of benzene rings is 2. The lowest BCUT2D eigenvalue weighted by atomic mass is 9.96. The van der Waals surface area contributed by atoms with Gasteiger partial charge in [0.25, 0.3) is 5.56 Å². The van der Waals surface area contributed by atoms with E-state index in [4.69, 9.17) is 27.2 Å². The highest BCUT2D eigenvalue weighted by Gasteiger charge is 2.27. The molecule has 0 bridgehead atoms. The van der Waals surface area contributed by atoms with E-state index in [0.717, 1.165) is 29.5 Å². The average molecular weight is 587 g/mol. The van der Waals surface area contributed by atoms with E-state index in [-0.39, 0.29) is 23.2 Å². The third-order valence-electron chi connectivity index (χ3n) is 7.36. The van der Waals surface area contributed by atoms with Crippen molar-refractivity contribution in [1.29, 1.82) is 0 Å². The summed E-state index contributed by atoms with van der Waals surface area (Å²) in [6.07, 6.45) is 3.31. The number of rotatable bonds is 6. The molecule has 7 rings (SSSR count). The van der Waals surface area contributed by atoms with E-state index in [0.29, 0.717) is 37.8 Å². The van der Waals surface area contributed by atoms with Crippen molar-refractivity contribution in [3.8, 4) is 28.1 Å². The molecule has 1 aliphatic carbocycles. The van der Waals surface area contributed by atoms with Crippen LogP contribution in [0.5, 0.6) is 5.75 Å². The van der Waals surface area contributed by atoms with Gasteiger partial charge >= 0.3 is 0 Å². The Morgan fingerprint density at radius 2 is 1.98 bits per heavy atom. The third-order valence-corrected chi connectivity index (χ3v) is 8.65. The fourth-order valence-electron chi connectivity index (χ4n) is 5.18. The summed E-state index contributed by atoms with van der Waals surface area (Å²) in [7, 11) is 0. The molecule has 41 heavy (non-hydrogen) atoms. The van der Waals surface area contributed by atoms with E-state index in [1.54, 1.807) is 22.2 Å². The molecule has 1 fully saturated rings. The van der Waals surface area contributed by atoms with Gasteiger partial charge in [0.1, 0.15) is 27.8 Å². The maximum Gasteiger partial charge on any atom is 0.265 e. The molecule has 0 saturated heterocycles. The second-order valence-electron chi connectivity index (χ2n) is 10.3. The first-order chi connectivity index (χ1) is 19.8. The van der Waals surface area contributed by atoms with E-state index in [9.17, 15) is 4.79 Å². The fraction of sp³-hybridized carbons (Fsp3) is 0.200. The Morgan fingerprint density at radius 1 is 1.15 bits per heavy atom. The second-order valence-corrected chi connectivity index (χ2v) is 11.5. The van der Waals surface area contributed by atoms with Crippen LogP contribution in [0.25, 0.3) is 38.2 Å². The zero-order chi connectivity index (χ0) is 28.4. The maximum atomic E-state index is 15.1. The Morgan fingerprint density at radius 3 is 2.73 bits per heavy atom. The fourth-order valence-corrected chi connectivity index (χ4v) is 6.34. The second kappa shape index (κ2) is 9.67. The number of aromatic nitrogens is 5. The van der Waals surface area contributed by atoms with E-state index in [1.807, 2.05) is 44.2 Å². The number of fused-ring (bicyclic) bond motifs is 2. The lowest BCUT2D eigenvalue weighted by Crippen LogP contribution is -2.20. The van der Waals surface area contributed by atoms with Crippen LogP contribution in [-0.4, -0.2) is 30.3 Å². The molecular formula is C30H24ClFN6O2S.